The number of ether oxygens (including phenoxy) is 3. The van der Waals surface area contributed by atoms with Crippen molar-refractivity contribution in [1.29, 1.82) is 10.5 Å². The van der Waals surface area contributed by atoms with Crippen molar-refractivity contribution in [2.45, 2.75) is 33.8 Å². The normalized spacial score (nSPS) is 10.7. The molecule has 0 N–H and O–H groups in total. The average molecular weight is 543 g/mol. The number of ketones is 1. The quantitative estimate of drug-likeness (QED) is 0.175. The van der Waals surface area contributed by atoms with E-state index in [0.29, 0.717) is 32.9 Å². The highest BCUT2D eigenvalue weighted by atomic mass is 32.1. The number of hydrogen-bond donors (Lipinski definition) is 0. The molecule has 3 aromatic rings. The van der Waals surface area contributed by atoms with Crippen molar-refractivity contribution in [3.63, 3.8) is 0 Å². The summed E-state index contributed by atoms with van der Waals surface area (Å²) in [5, 5.41) is 19.1. The zero-order valence-corrected chi connectivity index (χ0v) is 22.6. The molecular weight excluding hydrogens is 516 g/mol. The maximum absolute atomic E-state index is 13.2. The number of carbonyl (C=O) groups is 3. The van der Waals surface area contributed by atoms with E-state index in [1.54, 1.807) is 63.2 Å². The summed E-state index contributed by atoms with van der Waals surface area (Å²) >= 11 is 0.979. The highest BCUT2D eigenvalue weighted by Crippen LogP contribution is 2.31. The number of rotatable bonds is 11. The predicted octanol–water partition coefficient (Wildman–Crippen LogP) is 5.58. The summed E-state index contributed by atoms with van der Waals surface area (Å²) < 4.78 is 16.2. The Kier molecular flexibility index (Phi) is 10.1. The van der Waals surface area contributed by atoms with Gasteiger partial charge in [-0.25, -0.2) is 9.59 Å². The van der Waals surface area contributed by atoms with Crippen LogP contribution in [-0.2, 0) is 27.3 Å². The van der Waals surface area contributed by atoms with Gasteiger partial charge in [-0.1, -0.05) is 36.4 Å². The summed E-state index contributed by atoms with van der Waals surface area (Å²) in [6.07, 6.45) is 1.14. The third kappa shape index (κ3) is 6.98. The van der Waals surface area contributed by atoms with Crippen LogP contribution in [0.2, 0.25) is 0 Å². The molecule has 3 rings (SSSR count). The van der Waals surface area contributed by atoms with Crippen LogP contribution in [0, 0.1) is 29.6 Å². The van der Waals surface area contributed by atoms with Crippen molar-refractivity contribution >= 4 is 35.1 Å². The van der Waals surface area contributed by atoms with E-state index in [-0.39, 0.29) is 42.3 Å². The van der Waals surface area contributed by atoms with E-state index in [1.807, 2.05) is 12.1 Å². The Labute approximate surface area is 230 Å². The zero-order valence-electron chi connectivity index (χ0n) is 21.8. The zero-order chi connectivity index (χ0) is 28.4. The highest BCUT2D eigenvalue weighted by Gasteiger charge is 2.28. The summed E-state index contributed by atoms with van der Waals surface area (Å²) in [6.45, 7) is 5.33. The van der Waals surface area contributed by atoms with Crippen molar-refractivity contribution in [3.05, 3.63) is 91.7 Å². The standard InChI is InChI=1S/C30H26N2O6S/c1-4-36-29(34)27-19(3)28(30(35)37-5-2)39-26(27)15-24(33)23(17-32)14-20-10-8-9-13-25(20)38-18-22-12-7-6-11-21(22)16-31/h6-14H,4-5,15,18H2,1-3H3/b23-14+. The van der Waals surface area contributed by atoms with Gasteiger partial charge in [-0.3, -0.25) is 4.79 Å². The fourth-order valence-corrected chi connectivity index (χ4v) is 4.96. The van der Waals surface area contributed by atoms with Crippen molar-refractivity contribution in [2.24, 2.45) is 0 Å². The fraction of sp³-hybridized carbons (Fsp3) is 0.233. The molecule has 1 aromatic heterocycles. The van der Waals surface area contributed by atoms with Crippen LogP contribution in [0.3, 0.4) is 0 Å². The molecule has 9 heteroatoms. The molecule has 1 heterocycles. The van der Waals surface area contributed by atoms with E-state index >= 15 is 0 Å². The molecule has 0 saturated carbocycles. The summed E-state index contributed by atoms with van der Waals surface area (Å²) in [4.78, 5) is 38.9. The average Bonchev–Trinajstić information content (AvgIpc) is 3.26. The number of Topliss-reactive ketones (excluding diaryl/α,β-unsaturated/α-hetero) is 1. The van der Waals surface area contributed by atoms with Gasteiger partial charge in [0.25, 0.3) is 0 Å². The Morgan fingerprint density at radius 1 is 0.949 bits per heavy atom. The first-order chi connectivity index (χ1) is 18.8. The third-order valence-electron chi connectivity index (χ3n) is 5.64. The lowest BCUT2D eigenvalue weighted by molar-refractivity contribution is -0.114. The molecule has 0 aliphatic rings. The number of allylic oxidation sites excluding steroid dienone is 1. The second-order valence-corrected chi connectivity index (χ2v) is 9.27. The van der Waals surface area contributed by atoms with E-state index in [9.17, 15) is 24.9 Å². The van der Waals surface area contributed by atoms with Crippen LogP contribution in [0.5, 0.6) is 5.75 Å². The van der Waals surface area contributed by atoms with Gasteiger partial charge in [0.1, 0.15) is 23.3 Å². The maximum Gasteiger partial charge on any atom is 0.348 e. The second kappa shape index (κ2) is 13.7. The summed E-state index contributed by atoms with van der Waals surface area (Å²) in [5.41, 5.74) is 2.05. The van der Waals surface area contributed by atoms with Crippen LogP contribution >= 0.6 is 11.3 Å². The van der Waals surface area contributed by atoms with Crippen LogP contribution in [-0.4, -0.2) is 30.9 Å². The molecule has 39 heavy (non-hydrogen) atoms. The van der Waals surface area contributed by atoms with Crippen molar-refractivity contribution in [3.8, 4) is 17.9 Å². The Morgan fingerprint density at radius 2 is 1.62 bits per heavy atom. The van der Waals surface area contributed by atoms with Gasteiger partial charge in [0.05, 0.1) is 36.0 Å². The molecule has 0 unspecified atom stereocenters. The third-order valence-corrected chi connectivity index (χ3v) is 6.91. The monoisotopic (exact) mass is 542 g/mol. The van der Waals surface area contributed by atoms with Gasteiger partial charge < -0.3 is 14.2 Å². The lowest BCUT2D eigenvalue weighted by Crippen LogP contribution is -2.12. The molecule has 0 aliphatic carbocycles. The van der Waals surface area contributed by atoms with E-state index in [4.69, 9.17) is 14.2 Å². The van der Waals surface area contributed by atoms with Gasteiger partial charge in [-0.2, -0.15) is 10.5 Å². The first-order valence-corrected chi connectivity index (χ1v) is 13.0. The Morgan fingerprint density at radius 3 is 2.31 bits per heavy atom. The molecule has 0 atom stereocenters. The largest absolute Gasteiger partial charge is 0.488 e. The predicted molar refractivity (Wildman–Crippen MR) is 145 cm³/mol. The Hall–Kier alpha value is -4.73. The minimum absolute atomic E-state index is 0.120. The summed E-state index contributed by atoms with van der Waals surface area (Å²) in [7, 11) is 0. The summed E-state index contributed by atoms with van der Waals surface area (Å²) in [6, 6.07) is 18.0. The number of thiophene rings is 1. The first kappa shape index (κ1) is 28.8. The van der Waals surface area contributed by atoms with Crippen LogP contribution < -0.4 is 4.74 Å². The lowest BCUT2D eigenvalue weighted by Gasteiger charge is -2.10. The number of para-hydroxylation sites is 1. The van der Waals surface area contributed by atoms with Gasteiger partial charge in [-0.05, 0) is 44.5 Å². The number of esters is 2. The van der Waals surface area contributed by atoms with Crippen molar-refractivity contribution in [1.82, 2.24) is 0 Å². The van der Waals surface area contributed by atoms with E-state index in [2.05, 4.69) is 6.07 Å². The molecular formula is C30H26N2O6S. The highest BCUT2D eigenvalue weighted by molar-refractivity contribution is 7.14. The molecule has 0 bridgehead atoms. The molecule has 0 amide bonds. The van der Waals surface area contributed by atoms with E-state index < -0.39 is 17.7 Å². The van der Waals surface area contributed by atoms with Gasteiger partial charge in [-0.15, -0.1) is 11.3 Å². The van der Waals surface area contributed by atoms with E-state index in [0.717, 1.165) is 11.3 Å². The SMILES string of the molecule is CCOC(=O)c1sc(CC(=O)/C(C#N)=C/c2ccccc2OCc2ccccc2C#N)c(C(=O)OCC)c1C. The molecule has 0 radical (unpaired) electrons. The summed E-state index contributed by atoms with van der Waals surface area (Å²) in [5.74, 6) is -1.35. The number of carbonyl (C=O) groups excluding carboxylic acids is 3. The second-order valence-electron chi connectivity index (χ2n) is 8.16. The molecule has 0 spiro atoms. The van der Waals surface area contributed by atoms with Crippen LogP contribution in [0.1, 0.15) is 61.0 Å². The molecule has 0 aliphatic heterocycles. The maximum atomic E-state index is 13.2. The van der Waals surface area contributed by atoms with E-state index in [1.165, 1.54) is 6.08 Å². The van der Waals surface area contributed by atoms with Gasteiger partial charge in [0.2, 0.25) is 0 Å². The number of benzene rings is 2. The van der Waals surface area contributed by atoms with Gasteiger partial charge in [0.15, 0.2) is 5.78 Å². The molecule has 198 valence electrons. The smallest absolute Gasteiger partial charge is 0.348 e. The fourth-order valence-electron chi connectivity index (χ4n) is 3.77. The minimum atomic E-state index is -0.650. The van der Waals surface area contributed by atoms with Crippen LogP contribution in [0.4, 0.5) is 0 Å². The number of nitriles is 2. The van der Waals surface area contributed by atoms with Crippen LogP contribution in [0.25, 0.3) is 6.08 Å². The Bertz CT molecular complexity index is 1510. The number of hydrogen-bond acceptors (Lipinski definition) is 9. The molecule has 0 saturated heterocycles. The van der Waals surface area contributed by atoms with Crippen molar-refractivity contribution < 1.29 is 28.6 Å². The van der Waals surface area contributed by atoms with Crippen molar-refractivity contribution in [2.75, 3.05) is 13.2 Å². The molecule has 2 aromatic carbocycles. The first-order valence-electron chi connectivity index (χ1n) is 12.2. The molecule has 8 nitrogen and oxygen atoms in total. The van der Waals surface area contributed by atoms with Gasteiger partial charge >= 0.3 is 11.9 Å². The van der Waals surface area contributed by atoms with Crippen LogP contribution in [0.15, 0.2) is 54.1 Å². The minimum Gasteiger partial charge on any atom is -0.488 e. The topological polar surface area (TPSA) is 126 Å². The molecule has 0 fully saturated rings. The Balaban J connectivity index is 1.91. The number of nitrogens with zero attached hydrogens (tertiary/aromatic N) is 2. The van der Waals surface area contributed by atoms with Gasteiger partial charge in [0, 0.05) is 22.4 Å². The lowest BCUT2D eigenvalue weighted by atomic mass is 10.0.